The van der Waals surface area contributed by atoms with Crippen molar-refractivity contribution in [2.45, 2.75) is 32.0 Å². The molecule has 11 heavy (non-hydrogen) atoms. The van der Waals surface area contributed by atoms with E-state index >= 15 is 0 Å². The van der Waals surface area contributed by atoms with Crippen LogP contribution in [0.5, 0.6) is 0 Å². The van der Waals surface area contributed by atoms with E-state index in [2.05, 4.69) is 0 Å². The summed E-state index contributed by atoms with van der Waals surface area (Å²) in [5, 5.41) is 0. The van der Waals surface area contributed by atoms with Crippen molar-refractivity contribution < 1.29 is 14.3 Å². The predicted molar refractivity (Wildman–Crippen MR) is 42.3 cm³/mol. The van der Waals surface area contributed by atoms with Crippen LogP contribution in [-0.4, -0.2) is 26.8 Å². The Bertz CT molecular complexity index is 89.3. The van der Waals surface area contributed by atoms with Gasteiger partial charge >= 0.3 is 0 Å². The number of aldehydes is 1. The Morgan fingerprint density at radius 2 is 1.91 bits per heavy atom. The van der Waals surface area contributed by atoms with E-state index in [9.17, 15) is 4.79 Å². The maximum absolute atomic E-state index is 9.93. The normalized spacial score (nSPS) is 10.5. The van der Waals surface area contributed by atoms with Gasteiger partial charge in [0.25, 0.3) is 0 Å². The highest BCUT2D eigenvalue weighted by molar-refractivity contribution is 5.48. The zero-order valence-corrected chi connectivity index (χ0v) is 7.21. The molecule has 0 radical (unpaired) electrons. The smallest absolute Gasteiger partial charge is 0.156 e. The van der Waals surface area contributed by atoms with Gasteiger partial charge in [-0.3, -0.25) is 0 Å². The second-order valence-electron chi connectivity index (χ2n) is 2.35. The summed E-state index contributed by atoms with van der Waals surface area (Å²) in [6.45, 7) is 0. The molecule has 0 aromatic rings. The molecule has 0 aliphatic heterocycles. The molecule has 0 aliphatic rings. The van der Waals surface area contributed by atoms with Gasteiger partial charge in [-0.05, 0) is 19.3 Å². The van der Waals surface area contributed by atoms with Crippen LogP contribution < -0.4 is 0 Å². The molecule has 0 rings (SSSR count). The Kier molecular flexibility index (Phi) is 7.41. The van der Waals surface area contributed by atoms with Crippen LogP contribution in [0, 0.1) is 0 Å². The number of methoxy groups -OCH3 is 2. The molecule has 0 bridgehead atoms. The van der Waals surface area contributed by atoms with Gasteiger partial charge in [0.2, 0.25) is 0 Å². The summed E-state index contributed by atoms with van der Waals surface area (Å²) >= 11 is 0. The molecule has 0 saturated heterocycles. The first-order valence-corrected chi connectivity index (χ1v) is 3.84. The van der Waals surface area contributed by atoms with Crippen LogP contribution in [0.2, 0.25) is 0 Å². The fourth-order valence-electron chi connectivity index (χ4n) is 0.871. The molecule has 0 aromatic carbocycles. The summed E-state index contributed by atoms with van der Waals surface area (Å²) in [5.41, 5.74) is 0. The minimum atomic E-state index is -0.110. The van der Waals surface area contributed by atoms with E-state index in [1.165, 1.54) is 0 Å². The second-order valence-corrected chi connectivity index (χ2v) is 2.35. The van der Waals surface area contributed by atoms with Crippen molar-refractivity contribution in [3.63, 3.8) is 0 Å². The molecule has 0 spiro atoms. The van der Waals surface area contributed by atoms with Crippen LogP contribution in [0.4, 0.5) is 0 Å². The van der Waals surface area contributed by atoms with Gasteiger partial charge in [0.05, 0.1) is 0 Å². The van der Waals surface area contributed by atoms with Gasteiger partial charge in [-0.15, -0.1) is 0 Å². The highest BCUT2D eigenvalue weighted by Crippen LogP contribution is 2.05. The van der Waals surface area contributed by atoms with Crippen LogP contribution in [-0.2, 0) is 14.3 Å². The lowest BCUT2D eigenvalue weighted by atomic mass is 10.2. The fraction of sp³-hybridized carbons (Fsp3) is 0.875. The number of carbonyl (C=O) groups is 1. The van der Waals surface area contributed by atoms with Crippen molar-refractivity contribution in [2.24, 2.45) is 0 Å². The van der Waals surface area contributed by atoms with E-state index in [0.29, 0.717) is 6.42 Å². The predicted octanol–water partition coefficient (Wildman–Crippen LogP) is 1.36. The third-order valence-corrected chi connectivity index (χ3v) is 1.54. The molecular formula is C8H16O3. The largest absolute Gasteiger partial charge is 0.356 e. The molecule has 0 N–H and O–H groups in total. The molecule has 0 amide bonds. The van der Waals surface area contributed by atoms with Gasteiger partial charge in [-0.25, -0.2) is 0 Å². The third-order valence-electron chi connectivity index (χ3n) is 1.54. The Morgan fingerprint density at radius 3 is 2.36 bits per heavy atom. The summed E-state index contributed by atoms with van der Waals surface area (Å²) in [6.07, 6.45) is 4.23. The topological polar surface area (TPSA) is 35.5 Å². The lowest BCUT2D eigenvalue weighted by Crippen LogP contribution is -2.12. The average Bonchev–Trinajstić information content (AvgIpc) is 2.05. The van der Waals surface area contributed by atoms with E-state index in [4.69, 9.17) is 9.47 Å². The minimum Gasteiger partial charge on any atom is -0.356 e. The first kappa shape index (κ1) is 10.6. The molecule has 3 nitrogen and oxygen atoms in total. The minimum absolute atomic E-state index is 0.110. The lowest BCUT2D eigenvalue weighted by Gasteiger charge is -2.11. The van der Waals surface area contributed by atoms with Gasteiger partial charge in [0.15, 0.2) is 6.29 Å². The highest BCUT2D eigenvalue weighted by Gasteiger charge is 2.02. The summed E-state index contributed by atoms with van der Waals surface area (Å²) in [7, 11) is 3.24. The Balaban J connectivity index is 3.13. The number of unbranched alkanes of at least 4 members (excludes halogenated alkanes) is 2. The van der Waals surface area contributed by atoms with Crippen LogP contribution in [0.15, 0.2) is 0 Å². The number of carbonyl (C=O) groups excluding carboxylic acids is 1. The Hall–Kier alpha value is -0.410. The van der Waals surface area contributed by atoms with Crippen molar-refractivity contribution >= 4 is 6.29 Å². The maximum Gasteiger partial charge on any atom is 0.156 e. The molecule has 0 fully saturated rings. The molecule has 0 aliphatic carbocycles. The van der Waals surface area contributed by atoms with Crippen molar-refractivity contribution in [3.05, 3.63) is 0 Å². The summed E-state index contributed by atoms with van der Waals surface area (Å²) in [6, 6.07) is 0. The van der Waals surface area contributed by atoms with Crippen LogP contribution in [0.3, 0.4) is 0 Å². The first-order chi connectivity index (χ1) is 5.35. The van der Waals surface area contributed by atoms with Gasteiger partial charge in [-0.2, -0.15) is 0 Å². The third kappa shape index (κ3) is 6.01. The van der Waals surface area contributed by atoms with Crippen molar-refractivity contribution in [1.29, 1.82) is 0 Å². The molecule has 0 saturated carbocycles. The lowest BCUT2D eigenvalue weighted by molar-refractivity contribution is -0.110. The van der Waals surface area contributed by atoms with Gasteiger partial charge in [0.1, 0.15) is 6.29 Å². The maximum atomic E-state index is 9.93. The van der Waals surface area contributed by atoms with Crippen LogP contribution >= 0.6 is 0 Å². The van der Waals surface area contributed by atoms with Crippen molar-refractivity contribution in [2.75, 3.05) is 14.2 Å². The summed E-state index contributed by atoms with van der Waals surface area (Å²) < 4.78 is 9.94. The second kappa shape index (κ2) is 7.69. The number of hydrogen-bond acceptors (Lipinski definition) is 3. The Labute approximate surface area is 67.7 Å². The molecule has 0 atom stereocenters. The van der Waals surface area contributed by atoms with Gasteiger partial charge < -0.3 is 14.3 Å². The summed E-state index contributed by atoms with van der Waals surface area (Å²) in [5.74, 6) is 0. The van der Waals surface area contributed by atoms with E-state index in [0.717, 1.165) is 25.5 Å². The van der Waals surface area contributed by atoms with E-state index in [1.54, 1.807) is 14.2 Å². The molecule has 0 unspecified atom stereocenters. The van der Waals surface area contributed by atoms with Crippen LogP contribution in [0.1, 0.15) is 25.7 Å². The highest BCUT2D eigenvalue weighted by atomic mass is 16.7. The quantitative estimate of drug-likeness (QED) is 0.320. The molecule has 0 heterocycles. The molecule has 66 valence electrons. The average molecular weight is 160 g/mol. The van der Waals surface area contributed by atoms with Gasteiger partial charge in [0, 0.05) is 20.6 Å². The SMILES string of the molecule is COC(CCCCC=O)OC. The van der Waals surface area contributed by atoms with Crippen LogP contribution in [0.25, 0.3) is 0 Å². The zero-order valence-electron chi connectivity index (χ0n) is 7.21. The monoisotopic (exact) mass is 160 g/mol. The summed E-state index contributed by atoms with van der Waals surface area (Å²) in [4.78, 5) is 9.93. The number of rotatable bonds is 7. The van der Waals surface area contributed by atoms with E-state index in [1.807, 2.05) is 0 Å². The van der Waals surface area contributed by atoms with Crippen molar-refractivity contribution in [3.8, 4) is 0 Å². The molecule has 3 heteroatoms. The molecular weight excluding hydrogens is 144 g/mol. The molecule has 0 aromatic heterocycles. The zero-order chi connectivity index (χ0) is 8.53. The van der Waals surface area contributed by atoms with Crippen molar-refractivity contribution in [1.82, 2.24) is 0 Å². The standard InChI is InChI=1S/C8H16O3/c1-10-8(11-2)6-4-3-5-7-9/h7-8H,3-6H2,1-2H3. The number of hydrogen-bond donors (Lipinski definition) is 0. The Morgan fingerprint density at radius 1 is 1.27 bits per heavy atom. The first-order valence-electron chi connectivity index (χ1n) is 3.84. The number of ether oxygens (including phenoxy) is 2. The fourth-order valence-corrected chi connectivity index (χ4v) is 0.871. The van der Waals surface area contributed by atoms with E-state index in [-0.39, 0.29) is 6.29 Å². The van der Waals surface area contributed by atoms with Gasteiger partial charge in [-0.1, -0.05) is 0 Å². The van der Waals surface area contributed by atoms with E-state index < -0.39 is 0 Å².